The van der Waals surface area contributed by atoms with Crippen molar-refractivity contribution in [2.45, 2.75) is 57.3 Å². The van der Waals surface area contributed by atoms with Gasteiger partial charge in [0.25, 0.3) is 0 Å². The number of carbonyl (C=O) groups excluding carboxylic acids is 1. The summed E-state index contributed by atoms with van der Waals surface area (Å²) in [6, 6.07) is 0. The van der Waals surface area contributed by atoms with Gasteiger partial charge in [-0.1, -0.05) is 79.8 Å². The van der Waals surface area contributed by atoms with Crippen LogP contribution >= 0.6 is 0 Å². The number of aliphatic hydroxyl groups excluding tert-OH is 3. The fraction of sp³-hybridized carbons (Fsp3) is 0.435. The maximum atomic E-state index is 10.9. The van der Waals surface area contributed by atoms with Crippen LogP contribution in [0, 0.1) is 0 Å². The van der Waals surface area contributed by atoms with Crippen LogP contribution in [0.25, 0.3) is 0 Å². The summed E-state index contributed by atoms with van der Waals surface area (Å²) in [5.74, 6) is -0.243. The molecular weight excluding hydrogens is 356 g/mol. The maximum absolute atomic E-state index is 10.9. The largest absolute Gasteiger partial charge is 0.469 e. The van der Waals surface area contributed by atoms with Crippen LogP contribution < -0.4 is 0 Å². The molecule has 0 rings (SSSR count). The molecule has 0 aliphatic rings. The van der Waals surface area contributed by atoms with E-state index in [1.165, 1.54) is 7.11 Å². The molecular formula is C23H34O5. The van der Waals surface area contributed by atoms with Crippen LogP contribution in [0.2, 0.25) is 0 Å². The first-order valence-corrected chi connectivity index (χ1v) is 9.60. The van der Waals surface area contributed by atoms with Crippen LogP contribution in [-0.4, -0.2) is 46.7 Å². The Morgan fingerprint density at radius 1 is 0.857 bits per heavy atom. The first kappa shape index (κ1) is 25.8. The maximum Gasteiger partial charge on any atom is 0.305 e. The Balaban J connectivity index is 4.03. The molecule has 5 nitrogen and oxygen atoms in total. The number of rotatable bonds is 14. The number of esters is 1. The van der Waals surface area contributed by atoms with Crippen LogP contribution in [0.15, 0.2) is 72.9 Å². The number of aliphatic hydroxyl groups is 3. The fourth-order valence-corrected chi connectivity index (χ4v) is 2.03. The van der Waals surface area contributed by atoms with Crippen molar-refractivity contribution < 1.29 is 24.9 Å². The van der Waals surface area contributed by atoms with Gasteiger partial charge in [-0.25, -0.2) is 0 Å². The van der Waals surface area contributed by atoms with Crippen molar-refractivity contribution in [2.75, 3.05) is 7.11 Å². The van der Waals surface area contributed by atoms with Gasteiger partial charge < -0.3 is 20.1 Å². The highest BCUT2D eigenvalue weighted by atomic mass is 16.5. The summed E-state index contributed by atoms with van der Waals surface area (Å²) >= 11 is 0. The molecule has 0 aliphatic heterocycles. The van der Waals surface area contributed by atoms with Gasteiger partial charge in [0.15, 0.2) is 0 Å². The Bertz CT molecular complexity index is 570. The lowest BCUT2D eigenvalue weighted by Crippen LogP contribution is -2.22. The summed E-state index contributed by atoms with van der Waals surface area (Å²) < 4.78 is 4.54. The van der Waals surface area contributed by atoms with E-state index >= 15 is 0 Å². The summed E-state index contributed by atoms with van der Waals surface area (Å²) in [6.07, 6.45) is 21.8. The Morgan fingerprint density at radius 3 is 2.11 bits per heavy atom. The van der Waals surface area contributed by atoms with E-state index in [0.29, 0.717) is 25.7 Å². The number of hydrogen-bond acceptors (Lipinski definition) is 5. The number of hydrogen-bond donors (Lipinski definition) is 3. The van der Waals surface area contributed by atoms with Crippen LogP contribution in [0.3, 0.4) is 0 Å². The third kappa shape index (κ3) is 16.0. The Morgan fingerprint density at radius 2 is 1.46 bits per heavy atom. The van der Waals surface area contributed by atoms with E-state index in [9.17, 15) is 20.1 Å². The van der Waals surface area contributed by atoms with Gasteiger partial charge in [-0.15, -0.1) is 0 Å². The number of allylic oxidation sites excluding steroid dienone is 8. The highest BCUT2D eigenvalue weighted by molar-refractivity contribution is 5.69. The van der Waals surface area contributed by atoms with Crippen molar-refractivity contribution in [3.8, 4) is 0 Å². The van der Waals surface area contributed by atoms with Gasteiger partial charge in [-0.2, -0.15) is 0 Å². The number of ether oxygens (including phenoxy) is 1. The topological polar surface area (TPSA) is 87.0 Å². The average molecular weight is 391 g/mol. The zero-order chi connectivity index (χ0) is 21.0. The molecule has 0 spiro atoms. The molecule has 3 N–H and O–H groups in total. The second-order valence-corrected chi connectivity index (χ2v) is 6.10. The summed E-state index contributed by atoms with van der Waals surface area (Å²) in [6.45, 7) is 2.01. The van der Waals surface area contributed by atoms with Crippen molar-refractivity contribution in [2.24, 2.45) is 0 Å². The Hall–Kier alpha value is -2.21. The third-order valence-corrected chi connectivity index (χ3v) is 3.66. The van der Waals surface area contributed by atoms with E-state index in [0.717, 1.165) is 6.42 Å². The van der Waals surface area contributed by atoms with E-state index < -0.39 is 18.3 Å². The molecule has 156 valence electrons. The van der Waals surface area contributed by atoms with Crippen molar-refractivity contribution in [1.29, 1.82) is 0 Å². The van der Waals surface area contributed by atoms with E-state index in [1.807, 2.05) is 31.2 Å². The molecule has 0 aromatic carbocycles. The molecule has 0 heterocycles. The number of carbonyl (C=O) groups is 1. The summed E-state index contributed by atoms with van der Waals surface area (Å²) in [5, 5.41) is 29.3. The molecule has 0 fully saturated rings. The van der Waals surface area contributed by atoms with Gasteiger partial charge in [0, 0.05) is 6.42 Å². The first-order valence-electron chi connectivity index (χ1n) is 9.60. The summed E-state index contributed by atoms with van der Waals surface area (Å²) in [7, 11) is 1.36. The van der Waals surface area contributed by atoms with Crippen LogP contribution in [-0.2, 0) is 9.53 Å². The predicted octanol–water partition coefficient (Wildman–Crippen LogP) is 3.55. The monoisotopic (exact) mass is 390 g/mol. The zero-order valence-corrected chi connectivity index (χ0v) is 16.9. The van der Waals surface area contributed by atoms with Gasteiger partial charge >= 0.3 is 5.97 Å². The second kappa shape index (κ2) is 18.2. The smallest absolute Gasteiger partial charge is 0.305 e. The minimum absolute atomic E-state index is 0.243. The lowest BCUT2D eigenvalue weighted by molar-refractivity contribution is -0.140. The normalized spacial score (nSPS) is 16.3. The van der Waals surface area contributed by atoms with Crippen molar-refractivity contribution in [3.05, 3.63) is 72.9 Å². The summed E-state index contributed by atoms with van der Waals surface area (Å²) in [5.41, 5.74) is 0. The lowest BCUT2D eigenvalue weighted by Gasteiger charge is -2.11. The van der Waals surface area contributed by atoms with Crippen molar-refractivity contribution >= 4 is 5.97 Å². The molecule has 1 unspecified atom stereocenters. The zero-order valence-electron chi connectivity index (χ0n) is 16.9. The minimum atomic E-state index is -0.897. The quantitative estimate of drug-likeness (QED) is 0.240. The average Bonchev–Trinajstić information content (AvgIpc) is 2.69. The molecule has 0 radical (unpaired) electrons. The molecule has 0 aliphatic carbocycles. The van der Waals surface area contributed by atoms with Crippen molar-refractivity contribution in [1.82, 2.24) is 0 Å². The highest BCUT2D eigenvalue weighted by Crippen LogP contribution is 2.03. The summed E-state index contributed by atoms with van der Waals surface area (Å²) in [4.78, 5) is 10.9. The van der Waals surface area contributed by atoms with Gasteiger partial charge in [0.1, 0.15) is 0 Å². The number of methoxy groups -OCH3 is 1. The lowest BCUT2D eigenvalue weighted by atomic mass is 10.1. The van der Waals surface area contributed by atoms with Gasteiger partial charge in [-0.05, 0) is 25.7 Å². The highest BCUT2D eigenvalue weighted by Gasteiger charge is 2.10. The first-order chi connectivity index (χ1) is 13.5. The second-order valence-electron chi connectivity index (χ2n) is 6.10. The third-order valence-electron chi connectivity index (χ3n) is 3.66. The van der Waals surface area contributed by atoms with Gasteiger partial charge in [-0.3, -0.25) is 4.79 Å². The fourth-order valence-electron chi connectivity index (χ4n) is 2.03. The van der Waals surface area contributed by atoms with Crippen LogP contribution in [0.4, 0.5) is 0 Å². The molecule has 0 saturated carbocycles. The van der Waals surface area contributed by atoms with E-state index in [4.69, 9.17) is 0 Å². The standard InChI is InChI=1S/C23H34O5/c1-3-4-10-17-21(25)22(26)18-13-8-6-5-7-11-15-20(24)16-12-9-14-19-23(27)28-2/h4-13,15,18,20-22,24-26H,3,14,16-17,19H2,1-2H3/b7-5-,8-6+,10-4-,12-9-,15-11+,18-13+/t20-,21?,22-/m1/s1. The van der Waals surface area contributed by atoms with E-state index in [2.05, 4.69) is 4.74 Å². The Kier molecular flexibility index (Phi) is 16.7. The molecule has 0 amide bonds. The minimum Gasteiger partial charge on any atom is -0.469 e. The van der Waals surface area contributed by atoms with Gasteiger partial charge in [0.2, 0.25) is 0 Å². The van der Waals surface area contributed by atoms with E-state index in [1.54, 1.807) is 48.6 Å². The molecule has 0 saturated heterocycles. The SMILES string of the molecule is CC/C=C\CC(O)[C@H](O)/C=C/C=C/C=C\C=C\[C@@H](O)C/C=C\CCC(=O)OC. The molecule has 0 aromatic rings. The van der Waals surface area contributed by atoms with Gasteiger partial charge in [0.05, 0.1) is 25.4 Å². The van der Waals surface area contributed by atoms with Crippen LogP contribution in [0.1, 0.15) is 39.0 Å². The van der Waals surface area contributed by atoms with Crippen LogP contribution in [0.5, 0.6) is 0 Å². The molecule has 3 atom stereocenters. The van der Waals surface area contributed by atoms with E-state index in [-0.39, 0.29) is 5.97 Å². The Labute approximate surface area is 168 Å². The molecule has 28 heavy (non-hydrogen) atoms. The predicted molar refractivity (Wildman–Crippen MR) is 114 cm³/mol. The van der Waals surface area contributed by atoms with Crippen molar-refractivity contribution in [3.63, 3.8) is 0 Å². The molecule has 0 bridgehead atoms. The molecule has 0 aromatic heterocycles. The molecule has 5 heteroatoms.